The van der Waals surface area contributed by atoms with Gasteiger partial charge in [-0.15, -0.1) is 11.3 Å². The average Bonchev–Trinajstić information content (AvgIpc) is 3.05. The van der Waals surface area contributed by atoms with E-state index in [1.54, 1.807) is 6.07 Å². The fourth-order valence-corrected chi connectivity index (χ4v) is 3.50. The molecular weight excluding hydrogens is 334 g/mol. The fourth-order valence-electron chi connectivity index (χ4n) is 2.74. The number of carbonyl (C=O) groups is 2. The maximum Gasteiger partial charge on any atom is 0.348 e. The summed E-state index contributed by atoms with van der Waals surface area (Å²) in [6.45, 7) is 3.55. The molecule has 0 fully saturated rings. The summed E-state index contributed by atoms with van der Waals surface area (Å²) in [4.78, 5) is 25.6. The van der Waals surface area contributed by atoms with Crippen LogP contribution in [-0.2, 0) is 9.53 Å². The van der Waals surface area contributed by atoms with Crippen molar-refractivity contribution in [2.24, 2.45) is 0 Å². The highest BCUT2D eigenvalue weighted by molar-refractivity contribution is 7.13. The third kappa shape index (κ3) is 4.06. The van der Waals surface area contributed by atoms with Crippen LogP contribution in [0, 0.1) is 6.92 Å². The van der Waals surface area contributed by atoms with E-state index in [1.165, 1.54) is 11.3 Å². The maximum absolute atomic E-state index is 12.1. The van der Waals surface area contributed by atoms with Crippen LogP contribution in [0.25, 0.3) is 10.8 Å². The summed E-state index contributed by atoms with van der Waals surface area (Å²) in [6, 6.07) is 17.4. The topological polar surface area (TPSA) is 55.4 Å². The Hall–Kier alpha value is -2.66. The van der Waals surface area contributed by atoms with E-state index in [9.17, 15) is 9.59 Å². The van der Waals surface area contributed by atoms with Crippen molar-refractivity contribution < 1.29 is 14.3 Å². The first-order valence-corrected chi connectivity index (χ1v) is 8.87. The van der Waals surface area contributed by atoms with E-state index < -0.39 is 5.97 Å². The van der Waals surface area contributed by atoms with Crippen molar-refractivity contribution in [3.8, 4) is 0 Å². The molecule has 3 aromatic rings. The van der Waals surface area contributed by atoms with Gasteiger partial charge in [0.1, 0.15) is 4.88 Å². The molecule has 0 aliphatic heterocycles. The molecule has 128 valence electrons. The van der Waals surface area contributed by atoms with Crippen LogP contribution in [0.2, 0.25) is 0 Å². The zero-order chi connectivity index (χ0) is 17.8. The number of esters is 1. The largest absolute Gasteiger partial charge is 0.451 e. The lowest BCUT2D eigenvalue weighted by atomic mass is 10.00. The number of amides is 1. The third-order valence-corrected chi connectivity index (χ3v) is 4.92. The lowest BCUT2D eigenvalue weighted by Gasteiger charge is -2.16. The molecule has 0 saturated heterocycles. The number of hydrogen-bond donors (Lipinski definition) is 1. The molecule has 1 aromatic heterocycles. The average molecular weight is 353 g/mol. The van der Waals surface area contributed by atoms with Gasteiger partial charge in [-0.05, 0) is 42.3 Å². The zero-order valence-electron chi connectivity index (χ0n) is 14.1. The summed E-state index contributed by atoms with van der Waals surface area (Å²) >= 11 is 1.35. The minimum Gasteiger partial charge on any atom is -0.451 e. The summed E-state index contributed by atoms with van der Waals surface area (Å²) in [5.41, 5.74) is 1.03. The second kappa shape index (κ2) is 7.49. The molecule has 1 N–H and O–H groups in total. The normalized spacial score (nSPS) is 11.9. The van der Waals surface area contributed by atoms with Crippen LogP contribution >= 0.6 is 11.3 Å². The van der Waals surface area contributed by atoms with E-state index in [0.29, 0.717) is 4.88 Å². The summed E-state index contributed by atoms with van der Waals surface area (Å²) in [5, 5.41) is 5.11. The van der Waals surface area contributed by atoms with Crippen LogP contribution < -0.4 is 5.32 Å². The van der Waals surface area contributed by atoms with Gasteiger partial charge in [0.2, 0.25) is 0 Å². The Morgan fingerprint density at radius 2 is 1.84 bits per heavy atom. The summed E-state index contributed by atoms with van der Waals surface area (Å²) in [5.74, 6) is -0.784. The molecule has 1 heterocycles. The molecule has 1 amide bonds. The standard InChI is InChI=1S/C20H19NO3S/c1-13-10-11-18(25-13)20(23)24-12-19(22)21-14(2)16-9-5-7-15-6-3-4-8-17(15)16/h3-11,14H,12H2,1-2H3,(H,21,22). The molecule has 0 saturated carbocycles. The van der Waals surface area contributed by atoms with Crippen molar-refractivity contribution in [2.75, 3.05) is 6.61 Å². The molecule has 0 aliphatic carbocycles. The lowest BCUT2D eigenvalue weighted by molar-refractivity contribution is -0.124. The third-order valence-electron chi connectivity index (χ3n) is 3.94. The summed E-state index contributed by atoms with van der Waals surface area (Å²) in [7, 11) is 0. The van der Waals surface area contributed by atoms with Crippen molar-refractivity contribution in [1.29, 1.82) is 0 Å². The van der Waals surface area contributed by atoms with E-state index in [0.717, 1.165) is 21.2 Å². The number of benzene rings is 2. The van der Waals surface area contributed by atoms with E-state index in [4.69, 9.17) is 4.74 Å². The fraction of sp³-hybridized carbons (Fsp3) is 0.200. The number of ether oxygens (including phenoxy) is 1. The predicted molar refractivity (Wildman–Crippen MR) is 99.8 cm³/mol. The van der Waals surface area contributed by atoms with Crippen LogP contribution in [0.5, 0.6) is 0 Å². The Morgan fingerprint density at radius 1 is 1.08 bits per heavy atom. The minimum absolute atomic E-state index is 0.179. The molecule has 0 bridgehead atoms. The molecule has 0 aliphatic rings. The molecule has 0 radical (unpaired) electrons. The van der Waals surface area contributed by atoms with Gasteiger partial charge in [0, 0.05) is 4.88 Å². The predicted octanol–water partition coefficient (Wildman–Crippen LogP) is 4.24. The van der Waals surface area contributed by atoms with E-state index in [1.807, 2.05) is 62.4 Å². The highest BCUT2D eigenvalue weighted by atomic mass is 32.1. The maximum atomic E-state index is 12.1. The van der Waals surface area contributed by atoms with Gasteiger partial charge in [-0.3, -0.25) is 4.79 Å². The van der Waals surface area contributed by atoms with Crippen molar-refractivity contribution in [1.82, 2.24) is 5.32 Å². The van der Waals surface area contributed by atoms with Gasteiger partial charge in [0.25, 0.3) is 5.91 Å². The first-order chi connectivity index (χ1) is 12.0. The van der Waals surface area contributed by atoms with Gasteiger partial charge in [-0.2, -0.15) is 0 Å². The number of hydrogen-bond acceptors (Lipinski definition) is 4. The Bertz CT molecular complexity index is 911. The van der Waals surface area contributed by atoms with Crippen LogP contribution in [0.1, 0.15) is 33.1 Å². The number of carbonyl (C=O) groups excluding carboxylic acids is 2. The van der Waals surface area contributed by atoms with Crippen LogP contribution in [0.3, 0.4) is 0 Å². The first kappa shape index (κ1) is 17.2. The summed E-state index contributed by atoms with van der Waals surface area (Å²) in [6.07, 6.45) is 0. The van der Waals surface area contributed by atoms with Gasteiger partial charge < -0.3 is 10.1 Å². The highest BCUT2D eigenvalue weighted by Gasteiger charge is 2.15. The molecule has 4 nitrogen and oxygen atoms in total. The quantitative estimate of drug-likeness (QED) is 0.698. The van der Waals surface area contributed by atoms with Crippen molar-refractivity contribution >= 4 is 34.0 Å². The van der Waals surface area contributed by atoms with Crippen LogP contribution in [0.15, 0.2) is 54.6 Å². The van der Waals surface area contributed by atoms with Crippen molar-refractivity contribution in [3.63, 3.8) is 0 Å². The van der Waals surface area contributed by atoms with Gasteiger partial charge in [-0.1, -0.05) is 42.5 Å². The number of rotatable bonds is 5. The first-order valence-electron chi connectivity index (χ1n) is 8.05. The second-order valence-electron chi connectivity index (χ2n) is 5.84. The molecule has 2 aromatic carbocycles. The van der Waals surface area contributed by atoms with Gasteiger partial charge in [-0.25, -0.2) is 4.79 Å². The molecule has 0 spiro atoms. The molecule has 3 rings (SSSR count). The van der Waals surface area contributed by atoms with Crippen LogP contribution in [-0.4, -0.2) is 18.5 Å². The zero-order valence-corrected chi connectivity index (χ0v) is 14.9. The van der Waals surface area contributed by atoms with Crippen LogP contribution in [0.4, 0.5) is 0 Å². The Balaban J connectivity index is 1.61. The van der Waals surface area contributed by atoms with E-state index in [2.05, 4.69) is 5.32 Å². The van der Waals surface area contributed by atoms with Gasteiger partial charge in [0.05, 0.1) is 6.04 Å². The van der Waals surface area contributed by atoms with Gasteiger partial charge >= 0.3 is 5.97 Å². The monoisotopic (exact) mass is 353 g/mol. The summed E-state index contributed by atoms with van der Waals surface area (Å²) < 4.78 is 5.09. The molecule has 1 atom stereocenters. The highest BCUT2D eigenvalue weighted by Crippen LogP contribution is 2.24. The Kier molecular flexibility index (Phi) is 5.14. The molecule has 25 heavy (non-hydrogen) atoms. The molecule has 5 heteroatoms. The number of aryl methyl sites for hydroxylation is 1. The lowest BCUT2D eigenvalue weighted by Crippen LogP contribution is -2.31. The van der Waals surface area contributed by atoms with Crippen molar-refractivity contribution in [3.05, 3.63) is 69.9 Å². The van der Waals surface area contributed by atoms with Crippen molar-refractivity contribution in [2.45, 2.75) is 19.9 Å². The number of nitrogens with one attached hydrogen (secondary N) is 1. The Labute approximate surface area is 150 Å². The van der Waals surface area contributed by atoms with E-state index >= 15 is 0 Å². The second-order valence-corrected chi connectivity index (χ2v) is 7.13. The molecular formula is C20H19NO3S. The number of thiophene rings is 1. The van der Waals surface area contributed by atoms with Gasteiger partial charge in [0.15, 0.2) is 6.61 Å². The Morgan fingerprint density at radius 3 is 2.60 bits per heavy atom. The minimum atomic E-state index is -0.467. The molecule has 1 unspecified atom stereocenters. The smallest absolute Gasteiger partial charge is 0.348 e. The van der Waals surface area contributed by atoms with E-state index in [-0.39, 0.29) is 18.6 Å². The number of fused-ring (bicyclic) bond motifs is 1. The SMILES string of the molecule is Cc1ccc(C(=O)OCC(=O)NC(C)c2cccc3ccccc23)s1.